The van der Waals surface area contributed by atoms with Crippen molar-refractivity contribution in [1.29, 1.82) is 0 Å². The first-order valence-corrected chi connectivity index (χ1v) is 6.42. The molecule has 1 heterocycles. The van der Waals surface area contributed by atoms with E-state index in [1.807, 2.05) is 0 Å². The van der Waals surface area contributed by atoms with Crippen LogP contribution in [0, 0.1) is 0 Å². The Balaban J connectivity index is 2.15. The third-order valence-electron chi connectivity index (χ3n) is 2.94. The second-order valence-corrected chi connectivity index (χ2v) is 5.58. The second-order valence-electron chi connectivity index (χ2n) is 4.66. The number of likely N-dealkylation sites (tertiary alicyclic amines) is 1. The minimum atomic E-state index is -4.44. The lowest BCUT2D eigenvalue weighted by Crippen LogP contribution is -2.25. The molecule has 1 saturated heterocycles. The van der Waals surface area contributed by atoms with Crippen LogP contribution in [0.25, 0.3) is 0 Å². The van der Waals surface area contributed by atoms with Gasteiger partial charge in [-0.05, 0) is 23.8 Å². The Morgan fingerprint density at radius 2 is 1.89 bits per heavy atom. The van der Waals surface area contributed by atoms with E-state index < -0.39 is 24.2 Å². The van der Waals surface area contributed by atoms with Gasteiger partial charge in [0.25, 0.3) is 5.92 Å². The Morgan fingerprint density at radius 3 is 2.42 bits per heavy atom. The molecule has 1 aliphatic rings. The summed E-state index contributed by atoms with van der Waals surface area (Å²) in [6.07, 6.45) is -4.68. The summed E-state index contributed by atoms with van der Waals surface area (Å²) in [5.41, 5.74) is -0.401. The van der Waals surface area contributed by atoms with E-state index in [9.17, 15) is 22.0 Å². The van der Waals surface area contributed by atoms with Gasteiger partial charge in [-0.2, -0.15) is 13.2 Å². The topological polar surface area (TPSA) is 3.24 Å². The van der Waals surface area contributed by atoms with Crippen molar-refractivity contribution in [2.45, 2.75) is 25.1 Å². The number of alkyl halides is 5. The van der Waals surface area contributed by atoms with E-state index >= 15 is 0 Å². The zero-order valence-electron chi connectivity index (χ0n) is 9.78. The Bertz CT molecular complexity index is 472. The van der Waals surface area contributed by atoms with Crippen LogP contribution in [-0.4, -0.2) is 23.9 Å². The monoisotopic (exact) mass is 343 g/mol. The van der Waals surface area contributed by atoms with E-state index in [1.54, 1.807) is 0 Å². The second kappa shape index (κ2) is 5.01. The molecule has 19 heavy (non-hydrogen) atoms. The van der Waals surface area contributed by atoms with Crippen molar-refractivity contribution >= 4 is 15.9 Å². The largest absolute Gasteiger partial charge is 0.416 e. The first-order chi connectivity index (χ1) is 8.66. The van der Waals surface area contributed by atoms with Gasteiger partial charge in [-0.25, -0.2) is 8.78 Å². The summed E-state index contributed by atoms with van der Waals surface area (Å²) < 4.78 is 64.2. The van der Waals surface area contributed by atoms with Crippen molar-refractivity contribution in [2.24, 2.45) is 0 Å². The number of benzene rings is 1. The SMILES string of the molecule is FC1(F)CCN(Cc2cc(Br)cc(C(F)(F)F)c2)C1. The summed E-state index contributed by atoms with van der Waals surface area (Å²) in [5.74, 6) is -2.74. The molecule has 0 spiro atoms. The van der Waals surface area contributed by atoms with Crippen molar-refractivity contribution in [1.82, 2.24) is 4.90 Å². The maximum absolute atomic E-state index is 13.0. The molecule has 1 nitrogen and oxygen atoms in total. The van der Waals surface area contributed by atoms with E-state index in [-0.39, 0.29) is 19.5 Å². The van der Waals surface area contributed by atoms with E-state index in [0.29, 0.717) is 10.0 Å². The highest BCUT2D eigenvalue weighted by Crippen LogP contribution is 2.33. The Kier molecular flexibility index (Phi) is 3.88. The van der Waals surface area contributed by atoms with Crippen LogP contribution >= 0.6 is 15.9 Å². The van der Waals surface area contributed by atoms with Gasteiger partial charge in [0.05, 0.1) is 12.1 Å². The van der Waals surface area contributed by atoms with Crippen LogP contribution in [0.4, 0.5) is 22.0 Å². The van der Waals surface area contributed by atoms with Gasteiger partial charge in [0.1, 0.15) is 0 Å². The molecule has 106 valence electrons. The maximum Gasteiger partial charge on any atom is 0.416 e. The standard InChI is InChI=1S/C12H11BrF5N/c13-10-4-8(3-9(5-10)12(16,17)18)6-19-2-1-11(14,15)7-19/h3-5H,1-2,6-7H2. The van der Waals surface area contributed by atoms with Gasteiger partial charge in [0.15, 0.2) is 0 Å². The van der Waals surface area contributed by atoms with Crippen molar-refractivity contribution in [2.75, 3.05) is 13.1 Å². The van der Waals surface area contributed by atoms with Crippen molar-refractivity contribution in [3.63, 3.8) is 0 Å². The fourth-order valence-corrected chi connectivity index (χ4v) is 2.65. The number of hydrogen-bond donors (Lipinski definition) is 0. The molecule has 0 aliphatic carbocycles. The van der Waals surface area contributed by atoms with Crippen LogP contribution in [0.5, 0.6) is 0 Å². The minimum Gasteiger partial charge on any atom is -0.293 e. The third-order valence-corrected chi connectivity index (χ3v) is 3.40. The normalized spacial score (nSPS) is 19.9. The Hall–Kier alpha value is -0.690. The van der Waals surface area contributed by atoms with E-state index in [4.69, 9.17) is 0 Å². The molecule has 0 atom stereocenters. The molecular formula is C12H11BrF5N. The average Bonchev–Trinajstić information content (AvgIpc) is 2.55. The van der Waals surface area contributed by atoms with Crippen LogP contribution in [0.3, 0.4) is 0 Å². The molecule has 0 saturated carbocycles. The summed E-state index contributed by atoms with van der Waals surface area (Å²) in [4.78, 5) is 1.46. The van der Waals surface area contributed by atoms with E-state index in [1.165, 1.54) is 11.0 Å². The lowest BCUT2D eigenvalue weighted by molar-refractivity contribution is -0.137. The minimum absolute atomic E-state index is 0.0953. The smallest absolute Gasteiger partial charge is 0.293 e. The molecular weight excluding hydrogens is 333 g/mol. The van der Waals surface area contributed by atoms with Gasteiger partial charge in [-0.3, -0.25) is 4.90 Å². The van der Waals surface area contributed by atoms with E-state index in [0.717, 1.165) is 12.1 Å². The molecule has 1 aromatic rings. The van der Waals surface area contributed by atoms with Crippen LogP contribution in [0.15, 0.2) is 22.7 Å². The zero-order valence-corrected chi connectivity index (χ0v) is 11.4. The summed E-state index contributed by atoms with van der Waals surface area (Å²) in [5, 5.41) is 0. The van der Waals surface area contributed by atoms with E-state index in [2.05, 4.69) is 15.9 Å². The van der Waals surface area contributed by atoms with Crippen LogP contribution < -0.4 is 0 Å². The zero-order chi connectivity index (χ0) is 14.3. The molecule has 0 unspecified atom stereocenters. The molecule has 0 bridgehead atoms. The van der Waals surface area contributed by atoms with Crippen LogP contribution in [0.2, 0.25) is 0 Å². The number of halogens is 6. The molecule has 0 aromatic heterocycles. The number of nitrogens with zero attached hydrogens (tertiary/aromatic N) is 1. The first kappa shape index (κ1) is 14.7. The van der Waals surface area contributed by atoms with Gasteiger partial charge in [0.2, 0.25) is 0 Å². The van der Waals surface area contributed by atoms with Gasteiger partial charge in [-0.15, -0.1) is 0 Å². The fraction of sp³-hybridized carbons (Fsp3) is 0.500. The first-order valence-electron chi connectivity index (χ1n) is 5.63. The molecule has 0 amide bonds. The number of hydrogen-bond acceptors (Lipinski definition) is 1. The maximum atomic E-state index is 13.0. The summed E-state index contributed by atoms with van der Waals surface area (Å²) in [6, 6.07) is 3.50. The molecule has 0 radical (unpaired) electrons. The Morgan fingerprint density at radius 1 is 1.21 bits per heavy atom. The Labute approximate surface area is 115 Å². The predicted octanol–water partition coefficient (Wildman–Crippen LogP) is 4.31. The molecule has 0 N–H and O–H groups in total. The molecule has 2 rings (SSSR count). The molecule has 1 fully saturated rings. The lowest BCUT2D eigenvalue weighted by atomic mass is 10.1. The van der Waals surface area contributed by atoms with Crippen LogP contribution in [-0.2, 0) is 12.7 Å². The predicted molar refractivity (Wildman–Crippen MR) is 64.0 cm³/mol. The highest BCUT2D eigenvalue weighted by molar-refractivity contribution is 9.10. The van der Waals surface area contributed by atoms with Crippen molar-refractivity contribution in [3.8, 4) is 0 Å². The highest BCUT2D eigenvalue weighted by Gasteiger charge is 2.38. The highest BCUT2D eigenvalue weighted by atomic mass is 79.9. The number of rotatable bonds is 2. The molecule has 1 aromatic carbocycles. The third kappa shape index (κ3) is 3.89. The summed E-state index contributed by atoms with van der Waals surface area (Å²) >= 11 is 3.01. The van der Waals surface area contributed by atoms with Gasteiger partial charge in [-0.1, -0.05) is 15.9 Å². The van der Waals surface area contributed by atoms with Crippen molar-refractivity contribution < 1.29 is 22.0 Å². The summed E-state index contributed by atoms with van der Waals surface area (Å²) in [6.45, 7) is -0.111. The van der Waals surface area contributed by atoms with Gasteiger partial charge < -0.3 is 0 Å². The summed E-state index contributed by atoms with van der Waals surface area (Å²) in [7, 11) is 0. The lowest BCUT2D eigenvalue weighted by Gasteiger charge is -2.17. The quantitative estimate of drug-likeness (QED) is 0.723. The van der Waals surface area contributed by atoms with Crippen LogP contribution in [0.1, 0.15) is 17.5 Å². The molecule has 1 aliphatic heterocycles. The molecule has 7 heteroatoms. The van der Waals surface area contributed by atoms with Gasteiger partial charge in [0, 0.05) is 24.0 Å². The average molecular weight is 344 g/mol. The van der Waals surface area contributed by atoms with Gasteiger partial charge >= 0.3 is 6.18 Å². The van der Waals surface area contributed by atoms with Crippen molar-refractivity contribution in [3.05, 3.63) is 33.8 Å². The fourth-order valence-electron chi connectivity index (χ4n) is 2.11.